The van der Waals surface area contributed by atoms with Crippen molar-refractivity contribution >= 4 is 15.7 Å². The maximum absolute atomic E-state index is 4.50. The summed E-state index contributed by atoms with van der Waals surface area (Å²) >= 11 is 0. The number of hydrogen-bond donors (Lipinski definition) is 0. The smallest absolute Gasteiger partial charge is 0.0606 e. The Morgan fingerprint density at radius 1 is 0.833 bits per heavy atom. The summed E-state index contributed by atoms with van der Waals surface area (Å²) in [6, 6.07) is 0. The molecule has 31 valence electrons. The first kappa shape index (κ1) is 26.9. The zero-order valence-electron chi connectivity index (χ0n) is 3.73. The van der Waals surface area contributed by atoms with Gasteiger partial charge < -0.3 is 0 Å². The minimum absolute atomic E-state index is 0. The molecule has 6 heavy (non-hydrogen) atoms. The molecule has 0 bridgehead atoms. The van der Waals surface area contributed by atoms with Gasteiger partial charge in [0.25, 0.3) is 0 Å². The molecule has 0 aromatic rings. The van der Waals surface area contributed by atoms with E-state index in [1.54, 1.807) is 0 Å². The Morgan fingerprint density at radius 3 is 0.833 bits per heavy atom. The first-order chi connectivity index (χ1) is 2.00. The van der Waals surface area contributed by atoms with Crippen molar-refractivity contribution < 1.29 is 32.7 Å². The van der Waals surface area contributed by atoms with E-state index in [2.05, 4.69) is 15.7 Å². The van der Waals surface area contributed by atoms with E-state index in [0.29, 0.717) is 0 Å². The van der Waals surface area contributed by atoms with Crippen LogP contribution in [0.1, 0.15) is 7.43 Å². The largest absolute Gasteiger partial charge is 0.0999 e. The van der Waals surface area contributed by atoms with Gasteiger partial charge in [-0.2, -0.15) is 0 Å². The van der Waals surface area contributed by atoms with Gasteiger partial charge in [-0.1, -0.05) is 21.1 Å². The molecule has 0 rings (SSSR count). The molecule has 0 unspecified atom stereocenters. The van der Waals surface area contributed by atoms with Gasteiger partial charge in [0.05, 0.1) is 15.7 Å². The van der Waals surface area contributed by atoms with Crippen molar-refractivity contribution in [2.45, 2.75) is 21.1 Å². The fourth-order valence-electron chi connectivity index (χ4n) is 0. The van der Waals surface area contributed by atoms with E-state index >= 15 is 0 Å². The summed E-state index contributed by atoms with van der Waals surface area (Å²) in [5, 5.41) is 0. The van der Waals surface area contributed by atoms with Crippen molar-refractivity contribution in [3.8, 4) is 0 Å². The molecule has 0 heterocycles. The summed E-state index contributed by atoms with van der Waals surface area (Å²) in [6.45, 7) is 3.00. The van der Waals surface area contributed by atoms with Crippen molar-refractivity contribution in [3.63, 3.8) is 0 Å². The molecule has 0 aromatic heterocycles. The fourth-order valence-corrected chi connectivity index (χ4v) is 0. The van der Waals surface area contributed by atoms with E-state index < -0.39 is 0 Å². The summed E-state index contributed by atoms with van der Waals surface area (Å²) in [7, 11) is 9.00. The molecule has 0 saturated carbocycles. The van der Waals surface area contributed by atoms with E-state index in [9.17, 15) is 0 Å². The van der Waals surface area contributed by atoms with Gasteiger partial charge in [-0.15, -0.1) is 0 Å². The van der Waals surface area contributed by atoms with Crippen LogP contribution in [0.2, 0.25) is 13.6 Å². The Morgan fingerprint density at radius 2 is 0.833 bits per heavy atom. The zero-order valence-corrected chi connectivity index (χ0v) is 6.57. The van der Waals surface area contributed by atoms with Crippen LogP contribution in [0.15, 0.2) is 0 Å². The van der Waals surface area contributed by atoms with Gasteiger partial charge in [-0.3, -0.25) is 0 Å². The molecule has 5 radical (unpaired) electrons. The Labute approximate surface area is 69.2 Å². The minimum atomic E-state index is 0. The Kier molecular flexibility index (Phi) is 503. The van der Waals surface area contributed by atoms with Crippen LogP contribution in [0.3, 0.4) is 0 Å². The molecular formula is C3H10B2Y. The minimum Gasteiger partial charge on any atom is -0.0999 e. The second kappa shape index (κ2) is 112. The van der Waals surface area contributed by atoms with Crippen molar-refractivity contribution in [3.05, 3.63) is 0 Å². The second-order valence-corrected chi connectivity index (χ2v) is 0. The Bertz CT molecular complexity index is 8.75. The molecule has 0 nitrogen and oxygen atoms in total. The molecule has 0 aliphatic carbocycles. The van der Waals surface area contributed by atoms with Crippen molar-refractivity contribution in [1.82, 2.24) is 0 Å². The standard InChI is InChI=1S/2CH3B.CH4.Y/c2*1-2;;/h2*1H3;1H4;. The van der Waals surface area contributed by atoms with E-state index in [-0.39, 0.29) is 40.1 Å². The summed E-state index contributed by atoms with van der Waals surface area (Å²) in [4.78, 5) is 0. The van der Waals surface area contributed by atoms with E-state index in [0.717, 1.165) is 0 Å². The van der Waals surface area contributed by atoms with Crippen LogP contribution in [0.4, 0.5) is 0 Å². The molecule has 0 aromatic carbocycles. The molecule has 0 aliphatic rings. The quantitative estimate of drug-likeness (QED) is 0.460. The van der Waals surface area contributed by atoms with Gasteiger partial charge in [0.2, 0.25) is 0 Å². The van der Waals surface area contributed by atoms with Gasteiger partial charge in [0.1, 0.15) is 0 Å². The average Bonchev–Trinajstić information content (AvgIpc) is 1.50. The van der Waals surface area contributed by atoms with Crippen LogP contribution in [-0.4, -0.2) is 15.7 Å². The second-order valence-electron chi connectivity index (χ2n) is 0. The van der Waals surface area contributed by atoms with Gasteiger partial charge in [0, 0.05) is 32.7 Å². The third kappa shape index (κ3) is 61.6. The van der Waals surface area contributed by atoms with Gasteiger partial charge >= 0.3 is 0 Å². The summed E-state index contributed by atoms with van der Waals surface area (Å²) in [5.41, 5.74) is 0. The van der Waals surface area contributed by atoms with Crippen LogP contribution in [0, 0.1) is 0 Å². The third-order valence-corrected chi connectivity index (χ3v) is 0. The molecule has 0 atom stereocenters. The molecule has 3 heteroatoms. The normalized spacial score (nSPS) is 1.67. The van der Waals surface area contributed by atoms with Crippen LogP contribution >= 0.6 is 0 Å². The van der Waals surface area contributed by atoms with Gasteiger partial charge in [-0.05, 0) is 0 Å². The van der Waals surface area contributed by atoms with E-state index in [1.807, 2.05) is 0 Å². The SMILES string of the molecule is C.[B]C.[B]C.[Y]. The third-order valence-electron chi connectivity index (χ3n) is 0. The molecule has 0 amide bonds. The average molecular weight is 157 g/mol. The van der Waals surface area contributed by atoms with Crippen molar-refractivity contribution in [1.29, 1.82) is 0 Å². The predicted octanol–water partition coefficient (Wildman–Crippen LogP) is 1.04. The van der Waals surface area contributed by atoms with Crippen molar-refractivity contribution in [2.75, 3.05) is 0 Å². The molecule has 0 N–H and O–H groups in total. The summed E-state index contributed by atoms with van der Waals surface area (Å²) in [6.07, 6.45) is 0. The first-order valence-electron chi connectivity index (χ1n) is 1.15. The first-order valence-corrected chi connectivity index (χ1v) is 1.15. The number of rotatable bonds is 0. The zero-order chi connectivity index (χ0) is 4.00. The fraction of sp³-hybridized carbons (Fsp3) is 1.00. The summed E-state index contributed by atoms with van der Waals surface area (Å²) in [5.74, 6) is 0. The molecule has 0 fully saturated rings. The maximum atomic E-state index is 4.50. The Balaban J connectivity index is -0.00000000500. The summed E-state index contributed by atoms with van der Waals surface area (Å²) < 4.78 is 0. The maximum Gasteiger partial charge on any atom is 0.0606 e. The van der Waals surface area contributed by atoms with Crippen LogP contribution in [0.5, 0.6) is 0 Å². The predicted molar refractivity (Wildman–Crippen MR) is 30.0 cm³/mol. The van der Waals surface area contributed by atoms with Crippen LogP contribution in [0.25, 0.3) is 0 Å². The Hall–Kier alpha value is 1.23. The van der Waals surface area contributed by atoms with Crippen LogP contribution < -0.4 is 0 Å². The van der Waals surface area contributed by atoms with E-state index in [4.69, 9.17) is 0 Å². The van der Waals surface area contributed by atoms with Crippen LogP contribution in [-0.2, 0) is 32.7 Å². The van der Waals surface area contributed by atoms with Gasteiger partial charge in [-0.25, -0.2) is 0 Å². The van der Waals surface area contributed by atoms with Crippen molar-refractivity contribution in [2.24, 2.45) is 0 Å². The molecule has 0 aliphatic heterocycles. The molecule has 0 spiro atoms. The van der Waals surface area contributed by atoms with E-state index in [1.165, 1.54) is 13.6 Å². The number of hydrogen-bond acceptors (Lipinski definition) is 0. The molecule has 0 saturated heterocycles. The van der Waals surface area contributed by atoms with Gasteiger partial charge in [0.15, 0.2) is 0 Å². The monoisotopic (exact) mass is 157 g/mol. The molecular weight excluding hydrogens is 147 g/mol. The topological polar surface area (TPSA) is 0 Å².